The third-order valence-corrected chi connectivity index (χ3v) is 8.78. The van der Waals surface area contributed by atoms with E-state index < -0.39 is 21.6 Å². The number of amides is 1. The third kappa shape index (κ3) is 6.52. The molecule has 0 saturated heterocycles. The summed E-state index contributed by atoms with van der Waals surface area (Å²) in [6.45, 7) is 6.20. The molecular formula is C30H37N7O3S. The molecule has 1 aliphatic rings. The van der Waals surface area contributed by atoms with E-state index in [1.54, 1.807) is 17.9 Å². The summed E-state index contributed by atoms with van der Waals surface area (Å²) in [5, 5.41) is 2.84. The molecule has 0 radical (unpaired) electrons. The summed E-state index contributed by atoms with van der Waals surface area (Å²) in [4.78, 5) is 24.0. The molecule has 1 unspecified atom stereocenters. The minimum Gasteiger partial charge on any atom is -0.364 e. The Kier molecular flexibility index (Phi) is 7.76. The van der Waals surface area contributed by atoms with Gasteiger partial charge in [0, 0.05) is 50.3 Å². The molecule has 0 aliphatic carbocycles. The molecule has 1 amide bonds. The first-order valence-electron chi connectivity index (χ1n) is 13.6. The fourth-order valence-electron chi connectivity index (χ4n) is 5.28. The molecule has 1 aliphatic heterocycles. The largest absolute Gasteiger partial charge is 0.364 e. The minimum atomic E-state index is -4.09. The first-order valence-corrected chi connectivity index (χ1v) is 15.0. The summed E-state index contributed by atoms with van der Waals surface area (Å²) < 4.78 is 32.9. The maximum absolute atomic E-state index is 14.1. The summed E-state index contributed by atoms with van der Waals surface area (Å²) in [5.74, 6) is -0.364. The predicted octanol–water partition coefficient (Wildman–Crippen LogP) is 3.36. The lowest BCUT2D eigenvalue weighted by molar-refractivity contribution is -0.123. The molecule has 0 spiro atoms. The summed E-state index contributed by atoms with van der Waals surface area (Å²) in [7, 11) is -0.451. The Hall–Kier alpha value is -3.96. The van der Waals surface area contributed by atoms with Crippen molar-refractivity contribution in [3.63, 3.8) is 0 Å². The molecule has 2 aromatic heterocycles. The number of carbonyl (C=O) groups is 1. The number of aromatic nitrogens is 4. The average molecular weight is 576 g/mol. The van der Waals surface area contributed by atoms with Crippen LogP contribution in [0.2, 0.25) is 0 Å². The van der Waals surface area contributed by atoms with E-state index in [1.807, 2.05) is 56.8 Å². The quantitative estimate of drug-likeness (QED) is 0.346. The van der Waals surface area contributed by atoms with Gasteiger partial charge in [-0.2, -0.15) is 4.31 Å². The van der Waals surface area contributed by atoms with Gasteiger partial charge in [0.05, 0.1) is 31.4 Å². The SMILES string of the molecule is Cn1cnc(CN2CC(N(CC(=O)NC(C)(C)C)S(=O)(=O)c3cn(C)cn3)Cc3cc(-c4ccccc4)ccc32)c1. The maximum Gasteiger partial charge on any atom is 0.262 e. The van der Waals surface area contributed by atoms with Gasteiger partial charge in [-0.25, -0.2) is 18.4 Å². The number of sulfonamides is 1. The van der Waals surface area contributed by atoms with Crippen molar-refractivity contribution in [1.82, 2.24) is 28.7 Å². The second-order valence-corrected chi connectivity index (χ2v) is 13.5. The molecule has 1 atom stereocenters. The molecule has 3 heterocycles. The molecule has 11 heteroatoms. The van der Waals surface area contributed by atoms with Crippen molar-refractivity contribution in [2.45, 2.75) is 50.3 Å². The van der Waals surface area contributed by atoms with Crippen molar-refractivity contribution in [2.24, 2.45) is 14.1 Å². The number of rotatable bonds is 8. The highest BCUT2D eigenvalue weighted by molar-refractivity contribution is 7.89. The Labute approximate surface area is 241 Å². The minimum absolute atomic E-state index is 0.0799. The van der Waals surface area contributed by atoms with Crippen molar-refractivity contribution >= 4 is 21.6 Å². The van der Waals surface area contributed by atoms with Crippen molar-refractivity contribution in [3.8, 4) is 11.1 Å². The van der Waals surface area contributed by atoms with Crippen molar-refractivity contribution in [3.05, 3.63) is 84.8 Å². The van der Waals surface area contributed by atoms with Crippen LogP contribution >= 0.6 is 0 Å². The molecule has 0 bridgehead atoms. The number of carbonyl (C=O) groups excluding carboxylic acids is 1. The zero-order chi connectivity index (χ0) is 29.4. The Bertz CT molecular complexity index is 1640. The first-order chi connectivity index (χ1) is 19.4. The van der Waals surface area contributed by atoms with Gasteiger partial charge >= 0.3 is 0 Å². The van der Waals surface area contributed by atoms with E-state index in [9.17, 15) is 13.2 Å². The van der Waals surface area contributed by atoms with E-state index in [4.69, 9.17) is 0 Å². The van der Waals surface area contributed by atoms with Crippen LogP contribution in [0.3, 0.4) is 0 Å². The van der Waals surface area contributed by atoms with Gasteiger partial charge < -0.3 is 19.4 Å². The maximum atomic E-state index is 14.1. The van der Waals surface area contributed by atoms with Crippen molar-refractivity contribution in [2.75, 3.05) is 18.0 Å². The highest BCUT2D eigenvalue weighted by Crippen LogP contribution is 2.35. The fourth-order valence-corrected chi connectivity index (χ4v) is 6.82. The van der Waals surface area contributed by atoms with Crippen molar-refractivity contribution < 1.29 is 13.2 Å². The van der Waals surface area contributed by atoms with Crippen LogP contribution in [0.5, 0.6) is 0 Å². The molecule has 1 N–H and O–H groups in total. The normalized spacial score (nSPS) is 15.7. The summed E-state index contributed by atoms with van der Waals surface area (Å²) in [6, 6.07) is 15.9. The number of nitrogens with one attached hydrogen (secondary N) is 1. The van der Waals surface area contributed by atoms with Gasteiger partial charge in [-0.05, 0) is 56.0 Å². The smallest absolute Gasteiger partial charge is 0.262 e. The lowest BCUT2D eigenvalue weighted by Gasteiger charge is -2.40. The van der Waals surface area contributed by atoms with Crippen LogP contribution in [-0.2, 0) is 41.9 Å². The number of imidazole rings is 2. The van der Waals surface area contributed by atoms with Gasteiger partial charge in [0.25, 0.3) is 10.0 Å². The van der Waals surface area contributed by atoms with Gasteiger partial charge in [0.15, 0.2) is 5.03 Å². The molecular weight excluding hydrogens is 538 g/mol. The van der Waals surface area contributed by atoms with E-state index in [2.05, 4.69) is 50.5 Å². The van der Waals surface area contributed by atoms with Crippen LogP contribution in [-0.4, -0.2) is 62.4 Å². The fraction of sp³-hybridized carbons (Fsp3) is 0.367. The Morgan fingerprint density at radius 2 is 1.71 bits per heavy atom. The van der Waals surface area contributed by atoms with Gasteiger partial charge in [0.2, 0.25) is 5.91 Å². The van der Waals surface area contributed by atoms with E-state index >= 15 is 0 Å². The zero-order valence-electron chi connectivity index (χ0n) is 24.2. The number of fused-ring (bicyclic) bond motifs is 1. The molecule has 2 aromatic carbocycles. The molecule has 0 fully saturated rings. The van der Waals surface area contributed by atoms with Gasteiger partial charge in [0.1, 0.15) is 0 Å². The van der Waals surface area contributed by atoms with Crippen molar-refractivity contribution in [1.29, 1.82) is 0 Å². The zero-order valence-corrected chi connectivity index (χ0v) is 25.0. The standard InChI is InChI=1S/C30H37N7O3S/c1-30(2,3)33-28(38)18-37(41(39,40)29-19-35(5)21-32-29)26-14-24-13-23(22-9-7-6-8-10-22)11-12-27(24)36(17-26)16-25-15-34(4)20-31-25/h6-13,15,19-21,26H,14,16-18H2,1-5H3,(H,33,38). The van der Waals surface area contributed by atoms with Crippen LogP contribution in [0.15, 0.2) is 78.6 Å². The first kappa shape index (κ1) is 28.6. The highest BCUT2D eigenvalue weighted by Gasteiger charge is 2.39. The van der Waals surface area contributed by atoms with Gasteiger partial charge in [-0.1, -0.05) is 36.4 Å². The molecule has 0 saturated carbocycles. The topological polar surface area (TPSA) is 105 Å². The van der Waals surface area contributed by atoms with Gasteiger partial charge in [-0.3, -0.25) is 4.79 Å². The molecule has 4 aromatic rings. The molecule has 10 nitrogen and oxygen atoms in total. The lowest BCUT2D eigenvalue weighted by Crippen LogP contribution is -2.55. The van der Waals surface area contributed by atoms with Crippen LogP contribution in [0, 0.1) is 0 Å². The van der Waals surface area contributed by atoms with Crippen LogP contribution < -0.4 is 10.2 Å². The lowest BCUT2D eigenvalue weighted by atomic mass is 9.93. The predicted molar refractivity (Wildman–Crippen MR) is 159 cm³/mol. The summed E-state index contributed by atoms with van der Waals surface area (Å²) in [5.41, 5.74) is 4.53. The Morgan fingerprint density at radius 3 is 2.34 bits per heavy atom. The Balaban J connectivity index is 1.57. The monoisotopic (exact) mass is 575 g/mol. The Morgan fingerprint density at radius 1 is 1.00 bits per heavy atom. The van der Waals surface area contributed by atoms with Crippen LogP contribution in [0.25, 0.3) is 11.1 Å². The summed E-state index contributed by atoms with van der Waals surface area (Å²) >= 11 is 0. The highest BCUT2D eigenvalue weighted by atomic mass is 32.2. The number of hydrogen-bond donors (Lipinski definition) is 1. The van der Waals surface area contributed by atoms with E-state index in [-0.39, 0.29) is 17.5 Å². The number of nitrogens with zero attached hydrogens (tertiary/aromatic N) is 6. The number of benzene rings is 2. The van der Waals surface area contributed by atoms with Gasteiger partial charge in [-0.15, -0.1) is 0 Å². The number of anilines is 1. The summed E-state index contributed by atoms with van der Waals surface area (Å²) in [6.07, 6.45) is 7.09. The third-order valence-electron chi connectivity index (χ3n) is 7.00. The average Bonchev–Trinajstić information content (AvgIpc) is 3.54. The number of hydrogen-bond acceptors (Lipinski definition) is 6. The van der Waals surface area contributed by atoms with E-state index in [0.29, 0.717) is 19.5 Å². The number of aryl methyl sites for hydroxylation is 2. The van der Waals surface area contributed by atoms with E-state index in [0.717, 1.165) is 28.1 Å². The molecule has 5 rings (SSSR count). The van der Waals surface area contributed by atoms with E-state index in [1.165, 1.54) is 16.8 Å². The van der Waals surface area contributed by atoms with Crippen LogP contribution in [0.1, 0.15) is 32.0 Å². The second-order valence-electron chi connectivity index (χ2n) is 11.7. The molecule has 41 heavy (non-hydrogen) atoms. The van der Waals surface area contributed by atoms with Crippen LogP contribution in [0.4, 0.5) is 5.69 Å². The second kappa shape index (κ2) is 11.1. The molecule has 216 valence electrons.